The zero-order valence-corrected chi connectivity index (χ0v) is 19.4. The van der Waals surface area contributed by atoms with Crippen molar-refractivity contribution in [3.63, 3.8) is 0 Å². The van der Waals surface area contributed by atoms with Gasteiger partial charge in [-0.15, -0.1) is 0 Å². The number of ether oxygens (including phenoxy) is 2. The smallest absolute Gasteiger partial charge is 0.343 e. The first-order valence-corrected chi connectivity index (χ1v) is 11.8. The summed E-state index contributed by atoms with van der Waals surface area (Å²) in [6.45, 7) is 2.56. The summed E-state index contributed by atoms with van der Waals surface area (Å²) in [5.41, 5.74) is 2.55. The van der Waals surface area contributed by atoms with E-state index in [0.29, 0.717) is 5.56 Å². The van der Waals surface area contributed by atoms with Gasteiger partial charge in [-0.1, -0.05) is 35.4 Å². The molecule has 0 amide bonds. The molecule has 176 valence electrons. The molecule has 34 heavy (non-hydrogen) atoms. The molecule has 3 rings (SSSR count). The minimum absolute atomic E-state index is 0.0187. The van der Waals surface area contributed by atoms with E-state index in [2.05, 4.69) is 4.72 Å². The monoisotopic (exact) mass is 481 g/mol. The number of Topliss-reactive ketones (excluding diaryl/α,β-unsaturated/α-hetero) is 1. The van der Waals surface area contributed by atoms with Gasteiger partial charge >= 0.3 is 11.9 Å². The Balaban J connectivity index is 1.47. The van der Waals surface area contributed by atoms with E-state index in [1.807, 2.05) is 13.8 Å². The summed E-state index contributed by atoms with van der Waals surface area (Å²) in [4.78, 5) is 36.3. The molecular formula is C25H23NO7S. The van der Waals surface area contributed by atoms with Crippen molar-refractivity contribution in [1.82, 2.24) is 4.72 Å². The summed E-state index contributed by atoms with van der Waals surface area (Å²) in [6, 6.07) is 18.8. The number of sulfonamides is 1. The van der Waals surface area contributed by atoms with Crippen molar-refractivity contribution >= 4 is 27.7 Å². The van der Waals surface area contributed by atoms with Crippen LogP contribution in [0.5, 0.6) is 5.75 Å². The summed E-state index contributed by atoms with van der Waals surface area (Å²) < 4.78 is 36.7. The number of ketones is 1. The maximum Gasteiger partial charge on any atom is 0.343 e. The number of hydrogen-bond donors (Lipinski definition) is 1. The Morgan fingerprint density at radius 3 is 1.88 bits per heavy atom. The summed E-state index contributed by atoms with van der Waals surface area (Å²) >= 11 is 0. The van der Waals surface area contributed by atoms with Gasteiger partial charge in [-0.25, -0.2) is 13.2 Å². The molecular weight excluding hydrogens is 458 g/mol. The zero-order chi connectivity index (χ0) is 24.7. The number of esters is 2. The van der Waals surface area contributed by atoms with Crippen molar-refractivity contribution < 1.29 is 32.3 Å². The second-order valence-corrected chi connectivity index (χ2v) is 9.27. The predicted molar refractivity (Wildman–Crippen MR) is 124 cm³/mol. The average Bonchev–Trinajstić information content (AvgIpc) is 2.82. The van der Waals surface area contributed by atoms with Gasteiger partial charge in [0.15, 0.2) is 12.4 Å². The zero-order valence-electron chi connectivity index (χ0n) is 18.6. The quantitative estimate of drug-likeness (QED) is 0.283. The lowest BCUT2D eigenvalue weighted by molar-refractivity contribution is -0.141. The van der Waals surface area contributed by atoms with Crippen molar-refractivity contribution in [3.8, 4) is 5.75 Å². The Labute approximate surface area is 197 Å². The number of hydrogen-bond acceptors (Lipinski definition) is 7. The minimum atomic E-state index is -3.88. The molecule has 1 N–H and O–H groups in total. The lowest BCUT2D eigenvalue weighted by Gasteiger charge is -2.08. The van der Waals surface area contributed by atoms with E-state index in [1.54, 1.807) is 36.4 Å². The third kappa shape index (κ3) is 6.84. The highest BCUT2D eigenvalue weighted by Crippen LogP contribution is 2.15. The maximum absolute atomic E-state index is 12.3. The van der Waals surface area contributed by atoms with Gasteiger partial charge in [0, 0.05) is 5.56 Å². The van der Waals surface area contributed by atoms with E-state index in [4.69, 9.17) is 9.47 Å². The largest absolute Gasteiger partial charge is 0.456 e. The minimum Gasteiger partial charge on any atom is -0.456 e. The second kappa shape index (κ2) is 10.9. The normalized spacial score (nSPS) is 11.0. The van der Waals surface area contributed by atoms with Crippen LogP contribution in [0.4, 0.5) is 0 Å². The summed E-state index contributed by atoms with van der Waals surface area (Å²) in [5.74, 6) is -1.66. The number of nitrogens with one attached hydrogen (secondary N) is 1. The van der Waals surface area contributed by atoms with E-state index in [0.717, 1.165) is 11.1 Å². The fourth-order valence-corrected chi connectivity index (χ4v) is 3.77. The first kappa shape index (κ1) is 24.8. The maximum atomic E-state index is 12.3. The Morgan fingerprint density at radius 1 is 0.765 bits per heavy atom. The third-order valence-corrected chi connectivity index (χ3v) is 6.19. The molecule has 0 heterocycles. The molecule has 0 unspecified atom stereocenters. The van der Waals surface area contributed by atoms with Crippen LogP contribution < -0.4 is 9.46 Å². The van der Waals surface area contributed by atoms with E-state index >= 15 is 0 Å². The molecule has 3 aromatic rings. The van der Waals surface area contributed by atoms with E-state index in [-0.39, 0.29) is 16.2 Å². The highest BCUT2D eigenvalue weighted by molar-refractivity contribution is 7.89. The van der Waals surface area contributed by atoms with E-state index in [9.17, 15) is 22.8 Å². The molecule has 9 heteroatoms. The van der Waals surface area contributed by atoms with Crippen LogP contribution in [0.3, 0.4) is 0 Å². The van der Waals surface area contributed by atoms with E-state index < -0.39 is 40.9 Å². The number of carbonyl (C=O) groups is 3. The van der Waals surface area contributed by atoms with Gasteiger partial charge in [0.2, 0.25) is 10.0 Å². The van der Waals surface area contributed by atoms with Gasteiger partial charge in [0.05, 0.1) is 10.5 Å². The number of aryl methyl sites for hydroxylation is 2. The molecule has 3 aromatic carbocycles. The molecule has 8 nitrogen and oxygen atoms in total. The molecule has 0 aliphatic carbocycles. The van der Waals surface area contributed by atoms with Crippen molar-refractivity contribution in [1.29, 1.82) is 0 Å². The fourth-order valence-electron chi connectivity index (χ4n) is 2.80. The van der Waals surface area contributed by atoms with Gasteiger partial charge in [-0.2, -0.15) is 4.72 Å². The second-order valence-electron chi connectivity index (χ2n) is 7.50. The van der Waals surface area contributed by atoms with Gasteiger partial charge in [0.1, 0.15) is 12.3 Å². The molecule has 0 aromatic heterocycles. The van der Waals surface area contributed by atoms with Crippen LogP contribution in [0, 0.1) is 13.8 Å². The standard InChI is InChI=1S/C25H23NO7S/c1-17-3-7-20(8-4-17)25(29)33-21-11-9-19(10-12-21)23(27)16-32-24(28)15-26-34(30,31)22-13-5-18(2)6-14-22/h3-14,26H,15-16H2,1-2H3. The van der Waals surface area contributed by atoms with Crippen LogP contribution in [0.25, 0.3) is 0 Å². The van der Waals surface area contributed by atoms with Gasteiger partial charge in [-0.3, -0.25) is 9.59 Å². The first-order valence-electron chi connectivity index (χ1n) is 10.3. The molecule has 0 saturated heterocycles. The van der Waals surface area contributed by atoms with Crippen molar-refractivity contribution in [2.45, 2.75) is 18.7 Å². The molecule has 0 atom stereocenters. The fraction of sp³-hybridized carbons (Fsp3) is 0.160. The number of rotatable bonds is 9. The average molecular weight is 482 g/mol. The van der Waals surface area contributed by atoms with Gasteiger partial charge < -0.3 is 9.47 Å². The molecule has 0 bridgehead atoms. The molecule has 0 aliphatic rings. The van der Waals surface area contributed by atoms with Gasteiger partial charge in [-0.05, 0) is 62.4 Å². The first-order chi connectivity index (χ1) is 16.1. The van der Waals surface area contributed by atoms with Crippen LogP contribution >= 0.6 is 0 Å². The molecule has 0 saturated carbocycles. The Bertz CT molecular complexity index is 1280. The van der Waals surface area contributed by atoms with E-state index in [1.165, 1.54) is 36.4 Å². The number of carbonyl (C=O) groups excluding carboxylic acids is 3. The lowest BCUT2D eigenvalue weighted by Crippen LogP contribution is -2.31. The molecule has 0 aliphatic heterocycles. The SMILES string of the molecule is Cc1ccc(C(=O)Oc2ccc(C(=O)COC(=O)CNS(=O)(=O)c3ccc(C)cc3)cc2)cc1. The van der Waals surface area contributed by atoms with Gasteiger partial charge in [0.25, 0.3) is 0 Å². The van der Waals surface area contributed by atoms with Crippen molar-refractivity contribution in [2.75, 3.05) is 13.2 Å². The summed E-state index contributed by atoms with van der Waals surface area (Å²) in [7, 11) is -3.88. The molecule has 0 fully saturated rings. The van der Waals surface area contributed by atoms with Crippen molar-refractivity contribution in [3.05, 3.63) is 95.1 Å². The third-order valence-electron chi connectivity index (χ3n) is 4.78. The predicted octanol–water partition coefficient (Wildman–Crippen LogP) is 3.23. The Morgan fingerprint density at radius 2 is 1.29 bits per heavy atom. The highest BCUT2D eigenvalue weighted by Gasteiger charge is 2.17. The van der Waals surface area contributed by atoms with Crippen molar-refractivity contribution in [2.24, 2.45) is 0 Å². The van der Waals surface area contributed by atoms with Crippen LogP contribution in [0.1, 0.15) is 31.8 Å². The summed E-state index contributed by atoms with van der Waals surface area (Å²) in [5, 5.41) is 0. The van der Waals surface area contributed by atoms with Crippen LogP contribution in [-0.4, -0.2) is 39.3 Å². The Hall–Kier alpha value is -3.82. The molecule has 0 spiro atoms. The van der Waals surface area contributed by atoms with Crippen LogP contribution in [0.15, 0.2) is 77.7 Å². The van der Waals surface area contributed by atoms with Crippen LogP contribution in [0.2, 0.25) is 0 Å². The number of benzene rings is 3. The van der Waals surface area contributed by atoms with Crippen LogP contribution in [-0.2, 0) is 19.6 Å². The Kier molecular flexibility index (Phi) is 7.93. The summed E-state index contributed by atoms with van der Waals surface area (Å²) in [6.07, 6.45) is 0. The highest BCUT2D eigenvalue weighted by atomic mass is 32.2. The topological polar surface area (TPSA) is 116 Å². The lowest BCUT2D eigenvalue weighted by atomic mass is 10.1. The molecule has 0 radical (unpaired) electrons.